The fourth-order valence-corrected chi connectivity index (χ4v) is 1.91. The van der Waals surface area contributed by atoms with Crippen LogP contribution >= 0.6 is 0 Å². The Morgan fingerprint density at radius 2 is 2.07 bits per heavy atom. The largest absolute Gasteiger partial charge is 0.303 e. The second-order valence-corrected chi connectivity index (χ2v) is 5.44. The summed E-state index contributed by atoms with van der Waals surface area (Å²) in [5, 5.41) is 8.95. The molecule has 0 amide bonds. The van der Waals surface area contributed by atoms with E-state index in [2.05, 4.69) is 17.9 Å². The number of hydrogen-bond donors (Lipinski definition) is 0. The van der Waals surface area contributed by atoms with Crippen molar-refractivity contribution in [2.24, 2.45) is 11.3 Å². The van der Waals surface area contributed by atoms with Gasteiger partial charge in [-0.25, -0.2) is 0 Å². The van der Waals surface area contributed by atoms with Crippen molar-refractivity contribution in [3.63, 3.8) is 0 Å². The van der Waals surface area contributed by atoms with Crippen molar-refractivity contribution in [1.29, 1.82) is 5.26 Å². The van der Waals surface area contributed by atoms with Crippen LogP contribution in [0.3, 0.4) is 0 Å². The summed E-state index contributed by atoms with van der Waals surface area (Å²) in [4.78, 5) is 2.50. The quantitative estimate of drug-likeness (QED) is 0.671. The first-order valence-corrected chi connectivity index (χ1v) is 6.21. The van der Waals surface area contributed by atoms with E-state index in [1.807, 2.05) is 13.8 Å². The highest BCUT2D eigenvalue weighted by Gasteiger charge is 2.22. The number of hydrogen-bond acceptors (Lipinski definition) is 2. The first-order chi connectivity index (χ1) is 7.07. The van der Waals surface area contributed by atoms with E-state index in [0.29, 0.717) is 0 Å². The molecule has 0 spiro atoms. The molecule has 0 aromatic heterocycles. The molecule has 86 valence electrons. The molecule has 0 aromatic rings. The predicted molar refractivity (Wildman–Crippen MR) is 63.5 cm³/mol. The molecule has 1 aliphatic rings. The van der Waals surface area contributed by atoms with Crippen LogP contribution in [0.15, 0.2) is 0 Å². The number of nitriles is 1. The van der Waals surface area contributed by atoms with Crippen molar-refractivity contribution in [3.05, 3.63) is 0 Å². The summed E-state index contributed by atoms with van der Waals surface area (Å²) in [5.74, 6) is 0.940. The van der Waals surface area contributed by atoms with E-state index < -0.39 is 0 Å². The lowest BCUT2D eigenvalue weighted by Gasteiger charge is -2.32. The summed E-state index contributed by atoms with van der Waals surface area (Å²) in [6, 6.07) is 2.38. The van der Waals surface area contributed by atoms with E-state index in [-0.39, 0.29) is 5.41 Å². The topological polar surface area (TPSA) is 27.0 Å². The Labute approximate surface area is 94.3 Å². The minimum absolute atomic E-state index is 0.160. The van der Waals surface area contributed by atoms with Gasteiger partial charge in [-0.05, 0) is 52.1 Å². The molecule has 0 saturated heterocycles. The Morgan fingerprint density at radius 1 is 1.40 bits per heavy atom. The van der Waals surface area contributed by atoms with Gasteiger partial charge in [0.15, 0.2) is 0 Å². The van der Waals surface area contributed by atoms with Gasteiger partial charge in [-0.2, -0.15) is 5.26 Å². The average Bonchev–Trinajstić information content (AvgIpc) is 2.15. The number of rotatable bonds is 6. The lowest BCUT2D eigenvalue weighted by atomic mass is 9.84. The highest BCUT2D eigenvalue weighted by atomic mass is 15.1. The van der Waals surface area contributed by atoms with E-state index in [4.69, 9.17) is 5.26 Å². The Balaban J connectivity index is 2.24. The molecule has 0 N–H and O–H groups in total. The van der Waals surface area contributed by atoms with Gasteiger partial charge in [0, 0.05) is 6.54 Å². The SMILES string of the molecule is CCN(CCC(C)(C)C#N)CC1CCC1. The van der Waals surface area contributed by atoms with E-state index in [1.165, 1.54) is 25.8 Å². The fraction of sp³-hybridized carbons (Fsp3) is 0.923. The van der Waals surface area contributed by atoms with Crippen LogP contribution in [-0.2, 0) is 0 Å². The van der Waals surface area contributed by atoms with E-state index in [9.17, 15) is 0 Å². The first-order valence-electron chi connectivity index (χ1n) is 6.21. The third kappa shape index (κ3) is 4.22. The van der Waals surface area contributed by atoms with Crippen LogP contribution in [0.25, 0.3) is 0 Å². The fourth-order valence-electron chi connectivity index (χ4n) is 1.91. The maximum absolute atomic E-state index is 8.95. The zero-order valence-corrected chi connectivity index (χ0v) is 10.4. The summed E-state index contributed by atoms with van der Waals surface area (Å²) in [5.41, 5.74) is -0.160. The predicted octanol–water partition coefficient (Wildman–Crippen LogP) is 3.05. The molecular weight excluding hydrogens is 184 g/mol. The van der Waals surface area contributed by atoms with E-state index >= 15 is 0 Å². The summed E-state index contributed by atoms with van der Waals surface area (Å²) in [6.45, 7) is 9.73. The first kappa shape index (κ1) is 12.5. The monoisotopic (exact) mass is 208 g/mol. The molecule has 0 radical (unpaired) electrons. The van der Waals surface area contributed by atoms with E-state index in [0.717, 1.165) is 25.4 Å². The smallest absolute Gasteiger partial charge is 0.0684 e. The van der Waals surface area contributed by atoms with Crippen molar-refractivity contribution in [2.75, 3.05) is 19.6 Å². The van der Waals surface area contributed by atoms with Crippen molar-refractivity contribution in [1.82, 2.24) is 4.90 Å². The lowest BCUT2D eigenvalue weighted by molar-refractivity contribution is 0.171. The molecule has 15 heavy (non-hydrogen) atoms. The molecule has 2 nitrogen and oxygen atoms in total. The van der Waals surface area contributed by atoms with Crippen molar-refractivity contribution in [2.45, 2.75) is 46.5 Å². The molecule has 1 rings (SSSR count). The molecule has 0 bridgehead atoms. The summed E-state index contributed by atoms with van der Waals surface area (Å²) < 4.78 is 0. The van der Waals surface area contributed by atoms with Crippen LogP contribution in [0.5, 0.6) is 0 Å². The van der Waals surface area contributed by atoms with E-state index in [1.54, 1.807) is 0 Å². The van der Waals surface area contributed by atoms with Gasteiger partial charge in [-0.15, -0.1) is 0 Å². The van der Waals surface area contributed by atoms with Crippen LogP contribution in [0.1, 0.15) is 46.5 Å². The summed E-state index contributed by atoms with van der Waals surface area (Å²) in [6.07, 6.45) is 5.24. The zero-order valence-electron chi connectivity index (χ0n) is 10.4. The van der Waals surface area contributed by atoms with Crippen LogP contribution in [0.4, 0.5) is 0 Å². The Morgan fingerprint density at radius 3 is 2.47 bits per heavy atom. The molecule has 0 heterocycles. The lowest BCUT2D eigenvalue weighted by Crippen LogP contribution is -2.34. The standard InChI is InChI=1S/C13H24N2/c1-4-15(10-12-6-5-7-12)9-8-13(2,3)11-14/h12H,4-10H2,1-3H3. The Hall–Kier alpha value is -0.550. The molecule has 2 heteroatoms. The normalized spacial score (nSPS) is 17.5. The van der Waals surface area contributed by atoms with Gasteiger partial charge in [-0.3, -0.25) is 0 Å². The van der Waals surface area contributed by atoms with Gasteiger partial charge in [0.2, 0.25) is 0 Å². The second-order valence-electron chi connectivity index (χ2n) is 5.44. The van der Waals surface area contributed by atoms with Crippen LogP contribution in [0, 0.1) is 22.7 Å². The molecule has 1 aliphatic carbocycles. The van der Waals surface area contributed by atoms with Gasteiger partial charge in [-0.1, -0.05) is 13.3 Å². The Kier molecular flexibility index (Phi) is 4.60. The molecular formula is C13H24N2. The minimum atomic E-state index is -0.160. The minimum Gasteiger partial charge on any atom is -0.303 e. The molecule has 0 atom stereocenters. The average molecular weight is 208 g/mol. The van der Waals surface area contributed by atoms with Crippen molar-refractivity contribution >= 4 is 0 Å². The van der Waals surface area contributed by atoms with Crippen molar-refractivity contribution < 1.29 is 0 Å². The molecule has 1 saturated carbocycles. The van der Waals surface area contributed by atoms with Gasteiger partial charge in [0.05, 0.1) is 11.5 Å². The van der Waals surface area contributed by atoms with Gasteiger partial charge in [0.25, 0.3) is 0 Å². The maximum atomic E-state index is 8.95. The number of nitrogens with zero attached hydrogens (tertiary/aromatic N) is 2. The molecule has 1 fully saturated rings. The third-order valence-corrected chi connectivity index (χ3v) is 3.54. The van der Waals surface area contributed by atoms with Gasteiger partial charge < -0.3 is 4.90 Å². The zero-order chi connectivity index (χ0) is 11.3. The van der Waals surface area contributed by atoms with Crippen molar-refractivity contribution in [3.8, 4) is 6.07 Å². The van der Waals surface area contributed by atoms with Crippen LogP contribution < -0.4 is 0 Å². The van der Waals surface area contributed by atoms with Gasteiger partial charge >= 0.3 is 0 Å². The highest BCUT2D eigenvalue weighted by molar-refractivity contribution is 4.92. The Bertz CT molecular complexity index is 223. The molecule has 0 unspecified atom stereocenters. The van der Waals surface area contributed by atoms with Gasteiger partial charge in [0.1, 0.15) is 0 Å². The maximum Gasteiger partial charge on any atom is 0.0684 e. The second kappa shape index (κ2) is 5.51. The third-order valence-electron chi connectivity index (χ3n) is 3.54. The molecule has 0 aliphatic heterocycles. The van der Waals surface area contributed by atoms with Crippen LogP contribution in [0.2, 0.25) is 0 Å². The summed E-state index contributed by atoms with van der Waals surface area (Å²) >= 11 is 0. The summed E-state index contributed by atoms with van der Waals surface area (Å²) in [7, 11) is 0. The van der Waals surface area contributed by atoms with Crippen LogP contribution in [-0.4, -0.2) is 24.5 Å². The highest BCUT2D eigenvalue weighted by Crippen LogP contribution is 2.27. The molecule has 0 aromatic carbocycles.